The highest BCUT2D eigenvalue weighted by atomic mass is 16.5. The molecule has 0 aromatic carbocycles. The Morgan fingerprint density at radius 3 is 2.91 bits per heavy atom. The van der Waals surface area contributed by atoms with Crippen molar-refractivity contribution in [3.63, 3.8) is 0 Å². The fourth-order valence-corrected chi connectivity index (χ4v) is 0.466. The number of nitriles is 1. The van der Waals surface area contributed by atoms with Gasteiger partial charge < -0.3 is 10.1 Å². The van der Waals surface area contributed by atoms with Crippen LogP contribution in [0.1, 0.15) is 6.92 Å². The maximum atomic E-state index is 10.6. The van der Waals surface area contributed by atoms with Gasteiger partial charge in [-0.1, -0.05) is 0 Å². The van der Waals surface area contributed by atoms with E-state index in [-0.39, 0.29) is 6.54 Å². The largest absolute Gasteiger partial charge is 0.466 e. The van der Waals surface area contributed by atoms with Gasteiger partial charge in [0.25, 0.3) is 0 Å². The molecule has 0 amide bonds. The number of esters is 1. The number of hydrogen-bond acceptors (Lipinski definition) is 4. The summed E-state index contributed by atoms with van der Waals surface area (Å²) in [5.74, 6) is -0.423. The van der Waals surface area contributed by atoms with Crippen LogP contribution in [0.5, 0.6) is 0 Å². The minimum Gasteiger partial charge on any atom is -0.466 e. The maximum Gasteiger partial charge on any atom is 0.332 e. The van der Waals surface area contributed by atoms with Crippen LogP contribution < -0.4 is 5.32 Å². The van der Waals surface area contributed by atoms with Gasteiger partial charge in [-0.15, -0.1) is 0 Å². The van der Waals surface area contributed by atoms with Crippen molar-refractivity contribution >= 4 is 5.97 Å². The zero-order valence-corrected chi connectivity index (χ0v) is 6.55. The van der Waals surface area contributed by atoms with Crippen molar-refractivity contribution in [3.8, 4) is 6.07 Å². The molecule has 0 atom stereocenters. The molecule has 0 aliphatic rings. The van der Waals surface area contributed by atoms with E-state index < -0.39 is 5.97 Å². The first-order chi connectivity index (χ1) is 5.20. The second kappa shape index (κ2) is 5.30. The predicted octanol–water partition coefficient (Wildman–Crippen LogP) is 0.176. The number of nitrogens with one attached hydrogen (secondary N) is 1. The Morgan fingerprint density at radius 1 is 1.82 bits per heavy atom. The van der Waals surface area contributed by atoms with Crippen molar-refractivity contribution in [2.24, 2.45) is 0 Å². The van der Waals surface area contributed by atoms with E-state index >= 15 is 0 Å². The van der Waals surface area contributed by atoms with Crippen LogP contribution in [0.2, 0.25) is 0 Å². The molecule has 0 unspecified atom stereocenters. The Balaban J connectivity index is 3.82. The Labute approximate surface area is 65.5 Å². The number of allylic oxidation sites excluding steroid dienone is 1. The molecule has 0 bridgehead atoms. The summed E-state index contributed by atoms with van der Waals surface area (Å²) >= 11 is 0. The van der Waals surface area contributed by atoms with Gasteiger partial charge in [-0.2, -0.15) is 5.26 Å². The van der Waals surface area contributed by atoms with E-state index in [2.05, 4.69) is 10.1 Å². The summed E-state index contributed by atoms with van der Waals surface area (Å²) in [5, 5.41) is 10.8. The summed E-state index contributed by atoms with van der Waals surface area (Å²) < 4.78 is 4.36. The third-order valence-electron chi connectivity index (χ3n) is 0.982. The van der Waals surface area contributed by atoms with Crippen molar-refractivity contribution in [1.29, 1.82) is 5.26 Å². The molecule has 0 spiro atoms. The minimum absolute atomic E-state index is 0.194. The van der Waals surface area contributed by atoms with Gasteiger partial charge in [-0.3, -0.25) is 0 Å². The van der Waals surface area contributed by atoms with Gasteiger partial charge in [-0.25, -0.2) is 4.79 Å². The third kappa shape index (κ3) is 4.97. The van der Waals surface area contributed by atoms with Crippen LogP contribution in [-0.2, 0) is 9.53 Å². The van der Waals surface area contributed by atoms with Crippen molar-refractivity contribution in [2.45, 2.75) is 6.92 Å². The summed E-state index contributed by atoms with van der Waals surface area (Å²) in [5.41, 5.74) is 0.624. The highest BCUT2D eigenvalue weighted by Gasteiger charge is 1.94. The molecule has 0 aliphatic carbocycles. The number of ether oxygens (including phenoxy) is 1. The van der Waals surface area contributed by atoms with E-state index in [9.17, 15) is 4.79 Å². The second-order valence-corrected chi connectivity index (χ2v) is 1.86. The molecule has 4 nitrogen and oxygen atoms in total. The summed E-state index contributed by atoms with van der Waals surface area (Å²) in [4.78, 5) is 10.6. The monoisotopic (exact) mass is 154 g/mol. The van der Waals surface area contributed by atoms with Crippen LogP contribution in [0.15, 0.2) is 11.8 Å². The van der Waals surface area contributed by atoms with Gasteiger partial charge in [0.05, 0.1) is 13.2 Å². The molecule has 11 heavy (non-hydrogen) atoms. The lowest BCUT2D eigenvalue weighted by Gasteiger charge is -1.98. The zero-order valence-electron chi connectivity index (χ0n) is 6.55. The standard InChI is InChI=1S/C7H10N2O2/c1-6(9-4-3-8)5-7(10)11-2/h5,9H,4H2,1-2H3/b6-5+. The normalized spacial score (nSPS) is 10.1. The van der Waals surface area contributed by atoms with Gasteiger partial charge in [0, 0.05) is 11.8 Å². The molecule has 0 saturated carbocycles. The Morgan fingerprint density at radius 2 is 2.45 bits per heavy atom. The quantitative estimate of drug-likeness (QED) is 0.358. The van der Waals surface area contributed by atoms with E-state index in [4.69, 9.17) is 5.26 Å². The van der Waals surface area contributed by atoms with Gasteiger partial charge in [0.2, 0.25) is 0 Å². The molecule has 0 saturated heterocycles. The van der Waals surface area contributed by atoms with Crippen LogP contribution >= 0.6 is 0 Å². The molecule has 4 heteroatoms. The highest BCUT2D eigenvalue weighted by molar-refractivity contribution is 5.82. The number of methoxy groups -OCH3 is 1. The van der Waals surface area contributed by atoms with E-state index in [1.54, 1.807) is 6.92 Å². The minimum atomic E-state index is -0.423. The lowest BCUT2D eigenvalue weighted by Crippen LogP contribution is -2.12. The average molecular weight is 154 g/mol. The molecule has 1 N–H and O–H groups in total. The van der Waals surface area contributed by atoms with Crippen molar-refractivity contribution in [1.82, 2.24) is 5.32 Å². The van der Waals surface area contributed by atoms with E-state index in [1.165, 1.54) is 13.2 Å². The lowest BCUT2D eigenvalue weighted by atomic mass is 10.4. The Kier molecular flexibility index (Phi) is 4.58. The van der Waals surface area contributed by atoms with Crippen LogP contribution in [0.3, 0.4) is 0 Å². The van der Waals surface area contributed by atoms with Crippen molar-refractivity contribution < 1.29 is 9.53 Å². The molecule has 0 aromatic rings. The fraction of sp³-hybridized carbons (Fsp3) is 0.429. The number of rotatable bonds is 3. The molecule has 0 rings (SSSR count). The summed E-state index contributed by atoms with van der Waals surface area (Å²) in [6.45, 7) is 1.88. The molecule has 0 radical (unpaired) electrons. The zero-order chi connectivity index (χ0) is 8.69. The molecule has 0 aliphatic heterocycles. The first kappa shape index (κ1) is 9.50. The van der Waals surface area contributed by atoms with Crippen molar-refractivity contribution in [3.05, 3.63) is 11.8 Å². The van der Waals surface area contributed by atoms with E-state index in [0.29, 0.717) is 5.70 Å². The van der Waals surface area contributed by atoms with E-state index in [0.717, 1.165) is 0 Å². The topological polar surface area (TPSA) is 62.1 Å². The van der Waals surface area contributed by atoms with Gasteiger partial charge in [0.1, 0.15) is 6.54 Å². The Bertz CT molecular complexity index is 203. The SMILES string of the molecule is COC(=O)/C=C(\C)NCC#N. The van der Waals surface area contributed by atoms with Gasteiger partial charge in [0.15, 0.2) is 0 Å². The average Bonchev–Trinajstić information content (AvgIpc) is 2.00. The first-order valence-electron chi connectivity index (χ1n) is 3.07. The lowest BCUT2D eigenvalue weighted by molar-refractivity contribution is -0.134. The number of hydrogen-bond donors (Lipinski definition) is 1. The van der Waals surface area contributed by atoms with Crippen LogP contribution in [-0.4, -0.2) is 19.6 Å². The number of nitrogens with zero attached hydrogens (tertiary/aromatic N) is 1. The summed E-state index contributed by atoms with van der Waals surface area (Å²) in [6, 6.07) is 1.89. The highest BCUT2D eigenvalue weighted by Crippen LogP contribution is 1.86. The molecule has 0 aromatic heterocycles. The number of carbonyl (C=O) groups is 1. The van der Waals surface area contributed by atoms with Crippen LogP contribution in [0.4, 0.5) is 0 Å². The van der Waals surface area contributed by atoms with E-state index in [1.807, 2.05) is 6.07 Å². The summed E-state index contributed by atoms with van der Waals surface area (Å²) in [6.07, 6.45) is 1.29. The van der Waals surface area contributed by atoms with Gasteiger partial charge >= 0.3 is 5.97 Å². The molecule has 60 valence electrons. The second-order valence-electron chi connectivity index (χ2n) is 1.86. The van der Waals surface area contributed by atoms with Crippen LogP contribution in [0, 0.1) is 11.3 Å². The maximum absolute atomic E-state index is 10.6. The molecule has 0 heterocycles. The summed E-state index contributed by atoms with van der Waals surface area (Å²) in [7, 11) is 1.30. The Hall–Kier alpha value is -1.50. The van der Waals surface area contributed by atoms with Gasteiger partial charge in [-0.05, 0) is 6.92 Å². The molecular formula is C7H10N2O2. The smallest absolute Gasteiger partial charge is 0.332 e. The third-order valence-corrected chi connectivity index (χ3v) is 0.982. The number of carbonyl (C=O) groups excluding carboxylic acids is 1. The predicted molar refractivity (Wildman–Crippen MR) is 39.4 cm³/mol. The first-order valence-corrected chi connectivity index (χ1v) is 3.07. The van der Waals surface area contributed by atoms with Crippen molar-refractivity contribution in [2.75, 3.05) is 13.7 Å². The molecular weight excluding hydrogens is 144 g/mol. The van der Waals surface area contributed by atoms with Crippen LogP contribution in [0.25, 0.3) is 0 Å². The molecule has 0 fully saturated rings. The fourth-order valence-electron chi connectivity index (χ4n) is 0.466.